The molecule has 10 aromatic rings. The van der Waals surface area contributed by atoms with Gasteiger partial charge in [0.05, 0.1) is 27.8 Å². The summed E-state index contributed by atoms with van der Waals surface area (Å²) in [6.07, 6.45) is 1.78. The lowest BCUT2D eigenvalue weighted by Gasteiger charge is -2.11. The Kier molecular flexibility index (Phi) is 7.05. The van der Waals surface area contributed by atoms with Gasteiger partial charge in [-0.2, -0.15) is 0 Å². The highest BCUT2D eigenvalue weighted by atomic mass is 16.3. The number of furan rings is 1. The third-order valence-electron chi connectivity index (χ3n) is 10.1. The Balaban J connectivity index is 1.18. The molecule has 0 fully saturated rings. The number of aromatic nitrogens is 2. The molecule has 5 heteroatoms. The van der Waals surface area contributed by atoms with Gasteiger partial charge in [-0.1, -0.05) is 116 Å². The Bertz CT molecular complexity index is 3140. The van der Waals surface area contributed by atoms with Crippen molar-refractivity contribution in [3.05, 3.63) is 194 Å². The van der Waals surface area contributed by atoms with Crippen LogP contribution in [0.5, 0.6) is 0 Å². The summed E-state index contributed by atoms with van der Waals surface area (Å²) >= 11 is 0. The second-order valence-corrected chi connectivity index (χ2v) is 13.2. The standard InChI is InChI=1S/C48H32N4O/c1-3-41(33-26-27-47-40(28-33)37-22-12-15-25-46(37)53-47)50-48(32-16-6-4-7-17-32)49-31(2)51-42-23-13-10-20-35(42)38-30-45-39(29-44(38)51)36-21-11-14-24-43(36)52(45)34-18-8-5-9-19-34/h3-30H,1-2H2. The van der Waals surface area contributed by atoms with Crippen molar-refractivity contribution in [2.24, 2.45) is 9.98 Å². The highest BCUT2D eigenvalue weighted by Crippen LogP contribution is 2.39. The van der Waals surface area contributed by atoms with Crippen LogP contribution < -0.4 is 0 Å². The summed E-state index contributed by atoms with van der Waals surface area (Å²) in [6.45, 7) is 8.76. The molecule has 5 nitrogen and oxygen atoms in total. The number of hydrogen-bond acceptors (Lipinski definition) is 2. The number of nitrogens with zero attached hydrogens (tertiary/aromatic N) is 4. The van der Waals surface area contributed by atoms with Gasteiger partial charge >= 0.3 is 0 Å². The normalized spacial score (nSPS) is 12.5. The van der Waals surface area contributed by atoms with Crippen molar-refractivity contribution in [3.63, 3.8) is 0 Å². The van der Waals surface area contributed by atoms with E-state index in [1.54, 1.807) is 6.08 Å². The van der Waals surface area contributed by atoms with Gasteiger partial charge in [-0.25, -0.2) is 9.98 Å². The van der Waals surface area contributed by atoms with Gasteiger partial charge < -0.3 is 8.98 Å². The average Bonchev–Trinajstić information content (AvgIpc) is 3.86. The van der Waals surface area contributed by atoms with Crippen LogP contribution in [0.25, 0.3) is 77.1 Å². The van der Waals surface area contributed by atoms with E-state index >= 15 is 0 Å². The highest BCUT2D eigenvalue weighted by molar-refractivity contribution is 6.21. The van der Waals surface area contributed by atoms with Crippen molar-refractivity contribution in [2.75, 3.05) is 0 Å². The van der Waals surface area contributed by atoms with Crippen molar-refractivity contribution in [1.29, 1.82) is 0 Å². The molecule has 0 radical (unpaired) electrons. The van der Waals surface area contributed by atoms with E-state index in [1.165, 1.54) is 5.39 Å². The molecule has 0 aliphatic heterocycles. The summed E-state index contributed by atoms with van der Waals surface area (Å²) in [6, 6.07) is 56.5. The molecule has 7 aromatic carbocycles. The Hall–Kier alpha value is -7.24. The topological polar surface area (TPSA) is 47.7 Å². The minimum absolute atomic E-state index is 0.537. The molecule has 0 saturated heterocycles. The predicted octanol–water partition coefficient (Wildman–Crippen LogP) is 12.3. The van der Waals surface area contributed by atoms with Crippen LogP contribution in [-0.2, 0) is 0 Å². The van der Waals surface area contributed by atoms with Gasteiger partial charge in [0.25, 0.3) is 0 Å². The fourth-order valence-corrected chi connectivity index (χ4v) is 7.71. The molecule has 0 bridgehead atoms. The summed E-state index contributed by atoms with van der Waals surface area (Å²) in [5.74, 6) is 1.10. The molecular weight excluding hydrogens is 649 g/mol. The van der Waals surface area contributed by atoms with Crippen LogP contribution in [0, 0.1) is 0 Å². The Morgan fingerprint density at radius 2 is 1.09 bits per heavy atom. The van der Waals surface area contributed by atoms with E-state index in [9.17, 15) is 0 Å². The first-order valence-corrected chi connectivity index (χ1v) is 17.6. The van der Waals surface area contributed by atoms with E-state index in [4.69, 9.17) is 14.4 Å². The third kappa shape index (κ3) is 4.94. The van der Waals surface area contributed by atoms with Crippen molar-refractivity contribution in [2.45, 2.75) is 0 Å². The Morgan fingerprint density at radius 1 is 0.491 bits per heavy atom. The lowest BCUT2D eigenvalue weighted by Crippen LogP contribution is -2.06. The minimum atomic E-state index is 0.537. The number of para-hydroxylation sites is 4. The highest BCUT2D eigenvalue weighted by Gasteiger charge is 2.19. The van der Waals surface area contributed by atoms with Crippen molar-refractivity contribution in [3.8, 4) is 5.69 Å². The predicted molar refractivity (Wildman–Crippen MR) is 223 cm³/mol. The van der Waals surface area contributed by atoms with E-state index in [1.807, 2.05) is 60.7 Å². The molecule has 53 heavy (non-hydrogen) atoms. The zero-order valence-electron chi connectivity index (χ0n) is 28.8. The van der Waals surface area contributed by atoms with Crippen LogP contribution in [0.2, 0.25) is 0 Å². The number of benzene rings is 7. The van der Waals surface area contributed by atoms with Crippen LogP contribution >= 0.6 is 0 Å². The van der Waals surface area contributed by atoms with Gasteiger partial charge in [0.2, 0.25) is 0 Å². The van der Waals surface area contributed by atoms with Gasteiger partial charge in [-0.15, -0.1) is 0 Å². The minimum Gasteiger partial charge on any atom is -0.456 e. The van der Waals surface area contributed by atoms with Crippen molar-refractivity contribution in [1.82, 2.24) is 9.13 Å². The lowest BCUT2D eigenvalue weighted by molar-refractivity contribution is 0.669. The molecule has 3 aromatic heterocycles. The number of allylic oxidation sites excluding steroid dienone is 1. The molecule has 250 valence electrons. The lowest BCUT2D eigenvalue weighted by atomic mass is 10.1. The van der Waals surface area contributed by atoms with Crippen LogP contribution in [0.1, 0.15) is 11.1 Å². The van der Waals surface area contributed by atoms with E-state index in [0.29, 0.717) is 17.4 Å². The Labute approximate surface area is 305 Å². The van der Waals surface area contributed by atoms with Crippen molar-refractivity contribution >= 4 is 82.9 Å². The molecule has 0 aliphatic rings. The first-order valence-electron chi connectivity index (χ1n) is 17.6. The molecule has 0 saturated carbocycles. The SMILES string of the molecule is C=CC(=NC(=NC(=C)n1c2ccccc2c2cc3c(cc21)c1ccccc1n3-c1ccccc1)c1ccccc1)c1ccc2oc3ccccc3c2c1. The van der Waals surface area contributed by atoms with Gasteiger partial charge in [-0.05, 0) is 66.7 Å². The molecule has 0 aliphatic carbocycles. The Morgan fingerprint density at radius 3 is 1.87 bits per heavy atom. The summed E-state index contributed by atoms with van der Waals surface area (Å²) in [5.41, 5.74) is 9.66. The molecule has 10 rings (SSSR count). The summed E-state index contributed by atoms with van der Waals surface area (Å²) in [7, 11) is 0. The van der Waals surface area contributed by atoms with E-state index in [-0.39, 0.29) is 0 Å². The maximum atomic E-state index is 6.10. The maximum Gasteiger partial charge on any atom is 0.162 e. The number of aliphatic imine (C=N–C) groups is 2. The summed E-state index contributed by atoms with van der Waals surface area (Å²) in [5, 5.41) is 6.69. The van der Waals surface area contributed by atoms with Crippen LogP contribution in [0.4, 0.5) is 0 Å². The summed E-state index contributed by atoms with van der Waals surface area (Å²) < 4.78 is 10.6. The summed E-state index contributed by atoms with van der Waals surface area (Å²) in [4.78, 5) is 10.4. The zero-order valence-corrected chi connectivity index (χ0v) is 28.8. The fraction of sp³-hybridized carbons (Fsp3) is 0. The smallest absolute Gasteiger partial charge is 0.162 e. The second-order valence-electron chi connectivity index (χ2n) is 13.2. The molecular formula is C48H32N4O. The molecule has 0 N–H and O–H groups in total. The molecule has 0 spiro atoms. The van der Waals surface area contributed by atoms with Gasteiger partial charge in [-0.3, -0.25) is 4.57 Å². The molecule has 0 amide bonds. The molecule has 3 heterocycles. The van der Waals surface area contributed by atoms with Crippen molar-refractivity contribution < 1.29 is 4.42 Å². The second kappa shape index (κ2) is 12.2. The number of rotatable bonds is 6. The largest absolute Gasteiger partial charge is 0.456 e. The van der Waals surface area contributed by atoms with E-state index < -0.39 is 0 Å². The number of amidine groups is 1. The van der Waals surface area contributed by atoms with E-state index in [0.717, 1.165) is 77.0 Å². The quantitative estimate of drug-likeness (QED) is 0.127. The first kappa shape index (κ1) is 30.6. The molecule has 0 unspecified atom stereocenters. The average molecular weight is 681 g/mol. The molecule has 0 atom stereocenters. The monoisotopic (exact) mass is 680 g/mol. The van der Waals surface area contributed by atoms with Gasteiger partial charge in [0, 0.05) is 49.1 Å². The van der Waals surface area contributed by atoms with Gasteiger partial charge in [0.1, 0.15) is 17.0 Å². The van der Waals surface area contributed by atoms with Gasteiger partial charge in [0.15, 0.2) is 5.84 Å². The zero-order chi connectivity index (χ0) is 35.5. The number of fused-ring (bicyclic) bond motifs is 9. The number of hydrogen-bond donors (Lipinski definition) is 0. The third-order valence-corrected chi connectivity index (χ3v) is 10.1. The fourth-order valence-electron chi connectivity index (χ4n) is 7.71. The van der Waals surface area contributed by atoms with Crippen LogP contribution in [0.15, 0.2) is 197 Å². The van der Waals surface area contributed by atoms with E-state index in [2.05, 4.69) is 125 Å². The van der Waals surface area contributed by atoms with Crippen LogP contribution in [0.3, 0.4) is 0 Å². The van der Waals surface area contributed by atoms with Crippen LogP contribution in [-0.4, -0.2) is 20.7 Å². The maximum absolute atomic E-state index is 6.10. The first-order chi connectivity index (χ1) is 26.2.